The molecule has 0 saturated heterocycles. The molecule has 0 bridgehead atoms. The third-order valence-electron chi connectivity index (χ3n) is 5.00. The first-order valence-corrected chi connectivity index (χ1v) is 9.84. The maximum Gasteiger partial charge on any atom is 0.573 e. The number of hydrogen-bond acceptors (Lipinski definition) is 2. The maximum absolute atomic E-state index is 12.6. The van der Waals surface area contributed by atoms with Gasteiger partial charge >= 0.3 is 12.4 Å². The number of anilines is 2. The number of aryl methyl sites for hydroxylation is 1. The predicted molar refractivity (Wildman–Crippen MR) is 114 cm³/mol. The predicted octanol–water partition coefficient (Wildman–Crippen LogP) is 6.59. The van der Waals surface area contributed by atoms with E-state index in [2.05, 4.69) is 40.0 Å². The van der Waals surface area contributed by atoms with E-state index in [1.54, 1.807) is 6.07 Å². The molecule has 7 heteroatoms. The van der Waals surface area contributed by atoms with Crippen molar-refractivity contribution in [3.8, 4) is 16.9 Å². The van der Waals surface area contributed by atoms with E-state index in [0.29, 0.717) is 5.69 Å². The molecule has 1 aliphatic rings. The molecule has 0 unspecified atom stereocenters. The van der Waals surface area contributed by atoms with E-state index < -0.39 is 18.1 Å². The number of hydrogen-bond donors (Lipinski definition) is 2. The summed E-state index contributed by atoms with van der Waals surface area (Å²) in [5.74, 6) is -0.481. The molecule has 0 aliphatic heterocycles. The Kier molecular flexibility index (Phi) is 5.84. The number of amides is 2. The minimum atomic E-state index is -4.85. The Balaban J connectivity index is 1.48. The van der Waals surface area contributed by atoms with Crippen molar-refractivity contribution < 1.29 is 22.7 Å². The number of nitrogens with one attached hydrogen (secondary N) is 2. The molecule has 1 aliphatic carbocycles. The third kappa shape index (κ3) is 5.36. The summed E-state index contributed by atoms with van der Waals surface area (Å²) < 4.78 is 41.7. The second-order valence-corrected chi connectivity index (χ2v) is 7.22. The highest BCUT2D eigenvalue weighted by atomic mass is 19.4. The number of benzene rings is 3. The molecule has 1 radical (unpaired) electrons. The van der Waals surface area contributed by atoms with Gasteiger partial charge in [0.05, 0.1) is 5.69 Å². The number of fused-ring (bicyclic) bond motifs is 1. The Hall–Kier alpha value is -3.48. The Morgan fingerprint density at radius 1 is 0.871 bits per heavy atom. The van der Waals surface area contributed by atoms with Crippen LogP contribution in [0.5, 0.6) is 5.75 Å². The molecule has 3 aromatic carbocycles. The van der Waals surface area contributed by atoms with Crippen LogP contribution in [-0.2, 0) is 12.8 Å². The zero-order chi connectivity index (χ0) is 21.8. The number of rotatable bonds is 4. The molecule has 4 nitrogen and oxygen atoms in total. The molecule has 3 aromatic rings. The van der Waals surface area contributed by atoms with E-state index in [9.17, 15) is 18.0 Å². The van der Waals surface area contributed by atoms with Crippen molar-refractivity contribution in [1.82, 2.24) is 0 Å². The molecule has 2 N–H and O–H groups in total. The summed E-state index contributed by atoms with van der Waals surface area (Å²) in [4.78, 5) is 12.4. The first-order chi connectivity index (χ1) is 14.9. The Bertz CT molecular complexity index is 1100. The first-order valence-electron chi connectivity index (χ1n) is 9.84. The molecule has 0 heterocycles. The number of carbonyl (C=O) groups is 1. The number of halogens is 3. The Labute approximate surface area is 178 Å². The molecule has 2 amide bonds. The fourth-order valence-corrected chi connectivity index (χ4v) is 3.60. The lowest BCUT2D eigenvalue weighted by Crippen LogP contribution is -2.22. The van der Waals surface area contributed by atoms with E-state index in [-0.39, 0.29) is 5.69 Å². The van der Waals surface area contributed by atoms with Gasteiger partial charge in [0.25, 0.3) is 0 Å². The average Bonchev–Trinajstić information content (AvgIpc) is 2.74. The molecule has 0 saturated carbocycles. The summed E-state index contributed by atoms with van der Waals surface area (Å²) in [6.07, 6.45) is 0.496. The van der Waals surface area contributed by atoms with Gasteiger partial charge < -0.3 is 15.4 Å². The summed E-state index contributed by atoms with van der Waals surface area (Å²) in [5, 5.41) is 5.06. The minimum absolute atomic E-state index is 0.0834. The number of ether oxygens (including phenoxy) is 1. The highest BCUT2D eigenvalue weighted by Crippen LogP contribution is 2.31. The Morgan fingerprint density at radius 3 is 2.52 bits per heavy atom. The summed E-state index contributed by atoms with van der Waals surface area (Å²) in [7, 11) is 0. The van der Waals surface area contributed by atoms with E-state index in [4.69, 9.17) is 0 Å². The number of para-hydroxylation sites is 2. The largest absolute Gasteiger partial charge is 0.573 e. The van der Waals surface area contributed by atoms with Crippen LogP contribution in [0.2, 0.25) is 0 Å². The van der Waals surface area contributed by atoms with Gasteiger partial charge in [0, 0.05) is 5.69 Å². The van der Waals surface area contributed by atoms with Gasteiger partial charge in [-0.15, -0.1) is 13.2 Å². The lowest BCUT2D eigenvalue weighted by atomic mass is 9.89. The molecule has 0 fully saturated rings. The number of carbonyl (C=O) groups excluding carboxylic acids is 1. The lowest BCUT2D eigenvalue weighted by Gasteiger charge is -2.17. The van der Waals surface area contributed by atoms with Crippen LogP contribution in [-0.4, -0.2) is 12.4 Å². The highest BCUT2D eigenvalue weighted by molar-refractivity contribution is 6.01. The summed E-state index contributed by atoms with van der Waals surface area (Å²) >= 11 is 0. The third-order valence-corrected chi connectivity index (χ3v) is 5.00. The van der Waals surface area contributed by atoms with Crippen LogP contribution in [0.4, 0.5) is 29.3 Å². The van der Waals surface area contributed by atoms with Crippen LogP contribution >= 0.6 is 0 Å². The van der Waals surface area contributed by atoms with Crippen LogP contribution in [0.25, 0.3) is 11.1 Å². The Morgan fingerprint density at radius 2 is 1.68 bits per heavy atom. The highest BCUT2D eigenvalue weighted by Gasteiger charge is 2.32. The molecular formula is C24H20F3N2O2. The van der Waals surface area contributed by atoms with E-state index in [1.165, 1.54) is 29.3 Å². The summed E-state index contributed by atoms with van der Waals surface area (Å²) in [5.41, 5.74) is 5.10. The standard InChI is InChI=1S/C24H20F3N2O2/c25-24(26,27)31-22-11-4-3-10-21(22)29-23(30)28-20-9-5-8-18(15-20)19-13-12-16-6-1-2-7-17(16)14-19/h1,3-5,8-15H,2,6-7H2,(H2,28,29,30). The van der Waals surface area contributed by atoms with Crippen LogP contribution < -0.4 is 15.4 Å². The maximum atomic E-state index is 12.6. The van der Waals surface area contributed by atoms with Gasteiger partial charge in [-0.25, -0.2) is 4.79 Å². The second kappa shape index (κ2) is 8.71. The molecule has 0 spiro atoms. The van der Waals surface area contributed by atoms with Gasteiger partial charge in [-0.2, -0.15) is 0 Å². The fourth-order valence-electron chi connectivity index (χ4n) is 3.60. The second-order valence-electron chi connectivity index (χ2n) is 7.22. The minimum Gasteiger partial charge on any atom is -0.404 e. The van der Waals surface area contributed by atoms with Gasteiger partial charge in [0.1, 0.15) is 0 Å². The number of alkyl halides is 3. The van der Waals surface area contributed by atoms with Gasteiger partial charge in [-0.1, -0.05) is 42.5 Å². The molecule has 0 atom stereocenters. The van der Waals surface area contributed by atoms with Crippen molar-refractivity contribution in [2.24, 2.45) is 0 Å². The molecular weight excluding hydrogens is 405 g/mol. The quantitative estimate of drug-likeness (QED) is 0.495. The fraction of sp³-hybridized carbons (Fsp3) is 0.167. The molecule has 31 heavy (non-hydrogen) atoms. The zero-order valence-electron chi connectivity index (χ0n) is 16.5. The van der Waals surface area contributed by atoms with Crippen LogP contribution in [0.3, 0.4) is 0 Å². The smallest absolute Gasteiger partial charge is 0.404 e. The summed E-state index contributed by atoms with van der Waals surface area (Å²) in [6, 6.07) is 18.4. The van der Waals surface area contributed by atoms with Gasteiger partial charge in [0.15, 0.2) is 5.75 Å². The van der Waals surface area contributed by atoms with E-state index in [1.807, 2.05) is 18.2 Å². The SMILES string of the molecule is O=C(Nc1cccc(-c2ccc3c(c2)CC[CH]C3)c1)Nc1ccccc1OC(F)(F)F. The van der Waals surface area contributed by atoms with Crippen LogP contribution in [0.1, 0.15) is 17.5 Å². The van der Waals surface area contributed by atoms with E-state index in [0.717, 1.165) is 36.5 Å². The van der Waals surface area contributed by atoms with Gasteiger partial charge in [-0.05, 0) is 72.2 Å². The number of urea groups is 1. The van der Waals surface area contributed by atoms with Crippen molar-refractivity contribution in [1.29, 1.82) is 0 Å². The summed E-state index contributed by atoms with van der Waals surface area (Å²) in [6.45, 7) is 0. The zero-order valence-corrected chi connectivity index (χ0v) is 16.5. The van der Waals surface area contributed by atoms with Crippen molar-refractivity contribution in [2.45, 2.75) is 25.6 Å². The van der Waals surface area contributed by atoms with Crippen LogP contribution in [0, 0.1) is 6.42 Å². The normalized spacial score (nSPS) is 13.3. The monoisotopic (exact) mass is 425 g/mol. The van der Waals surface area contributed by atoms with Gasteiger partial charge in [-0.3, -0.25) is 0 Å². The van der Waals surface area contributed by atoms with Crippen LogP contribution in [0.15, 0.2) is 66.7 Å². The molecule has 159 valence electrons. The molecule has 4 rings (SSSR count). The van der Waals surface area contributed by atoms with Crippen molar-refractivity contribution in [3.05, 3.63) is 84.3 Å². The topological polar surface area (TPSA) is 50.4 Å². The first kappa shape index (κ1) is 20.8. The lowest BCUT2D eigenvalue weighted by molar-refractivity contribution is -0.274. The van der Waals surface area contributed by atoms with Crippen molar-refractivity contribution in [2.75, 3.05) is 10.6 Å². The molecule has 0 aromatic heterocycles. The van der Waals surface area contributed by atoms with Crippen molar-refractivity contribution in [3.63, 3.8) is 0 Å². The average molecular weight is 425 g/mol. The van der Waals surface area contributed by atoms with Crippen molar-refractivity contribution >= 4 is 17.4 Å². The van der Waals surface area contributed by atoms with E-state index >= 15 is 0 Å². The van der Waals surface area contributed by atoms with Gasteiger partial charge in [0.2, 0.25) is 0 Å².